The number of likely N-dealkylation sites (tertiary alicyclic amines) is 1. The fourth-order valence-corrected chi connectivity index (χ4v) is 2.88. The summed E-state index contributed by atoms with van der Waals surface area (Å²) in [6.07, 6.45) is 3.15. The maximum Gasteiger partial charge on any atom is 0.241 e. The molecule has 0 aliphatic carbocycles. The molecule has 1 aliphatic rings. The molecule has 1 unspecified atom stereocenters. The molecule has 29 heavy (non-hydrogen) atoms. The number of carbonyl (C=O) groups is 3. The van der Waals surface area contributed by atoms with Crippen LogP contribution < -0.4 is 16.4 Å². The van der Waals surface area contributed by atoms with E-state index in [9.17, 15) is 14.4 Å². The van der Waals surface area contributed by atoms with Crippen LogP contribution in [-0.4, -0.2) is 53.3 Å². The van der Waals surface area contributed by atoms with Crippen molar-refractivity contribution in [2.75, 3.05) is 25.0 Å². The topological polar surface area (TPSA) is 117 Å². The summed E-state index contributed by atoms with van der Waals surface area (Å²) in [5, 5.41) is 5.39. The van der Waals surface area contributed by atoms with Crippen LogP contribution in [0.4, 0.5) is 5.82 Å². The van der Waals surface area contributed by atoms with E-state index >= 15 is 0 Å². The van der Waals surface area contributed by atoms with E-state index in [-0.39, 0.29) is 60.9 Å². The third-order valence-corrected chi connectivity index (χ3v) is 4.74. The van der Waals surface area contributed by atoms with Crippen molar-refractivity contribution in [3.05, 3.63) is 23.9 Å². The van der Waals surface area contributed by atoms with E-state index in [0.29, 0.717) is 25.3 Å². The summed E-state index contributed by atoms with van der Waals surface area (Å²) >= 11 is 0. The Balaban J connectivity index is 0.00000392. The quantitative estimate of drug-likeness (QED) is 0.610. The summed E-state index contributed by atoms with van der Waals surface area (Å²) in [6, 6.07) is 3.00. The molecule has 2 rings (SSSR count). The summed E-state index contributed by atoms with van der Waals surface area (Å²) in [4.78, 5) is 42.6. The van der Waals surface area contributed by atoms with Crippen LogP contribution in [0.5, 0.6) is 0 Å². The number of piperidine rings is 1. The number of amides is 3. The van der Waals surface area contributed by atoms with Crippen molar-refractivity contribution < 1.29 is 14.4 Å². The monoisotopic (exact) mass is 447 g/mol. The van der Waals surface area contributed by atoms with Crippen LogP contribution in [0, 0.1) is 18.8 Å². The number of aryl methyl sites for hydroxylation is 1. The molecule has 1 fully saturated rings. The van der Waals surface area contributed by atoms with Gasteiger partial charge in [-0.3, -0.25) is 14.4 Å². The number of anilines is 1. The smallest absolute Gasteiger partial charge is 0.241 e. The van der Waals surface area contributed by atoms with Crippen LogP contribution in [0.25, 0.3) is 0 Å². The predicted molar refractivity (Wildman–Crippen MR) is 117 cm³/mol. The number of carbonyl (C=O) groups excluding carboxylic acids is 3. The number of hydrogen-bond acceptors (Lipinski definition) is 5. The first-order chi connectivity index (χ1) is 12.8. The van der Waals surface area contributed by atoms with E-state index < -0.39 is 6.04 Å². The minimum Gasteiger partial charge on any atom is -0.346 e. The predicted octanol–water partition coefficient (Wildman–Crippen LogP) is 1.51. The average molecular weight is 448 g/mol. The Hall–Kier alpha value is -1.90. The van der Waals surface area contributed by atoms with E-state index in [1.807, 2.05) is 26.8 Å². The summed E-state index contributed by atoms with van der Waals surface area (Å²) in [5.74, 6) is -0.475. The SMILES string of the molecule is Cc1ccc(NC(=O)C2CCCN(C(=O)CNC(=O)[C@@H](N)C(C)C)C2)nc1.Cl.Cl. The lowest BCUT2D eigenvalue weighted by Crippen LogP contribution is -2.50. The number of hydrogen-bond donors (Lipinski definition) is 3. The van der Waals surface area contributed by atoms with E-state index in [2.05, 4.69) is 15.6 Å². The number of nitrogens with one attached hydrogen (secondary N) is 2. The van der Waals surface area contributed by atoms with Crippen molar-refractivity contribution in [3.63, 3.8) is 0 Å². The van der Waals surface area contributed by atoms with Gasteiger partial charge in [0.2, 0.25) is 17.7 Å². The van der Waals surface area contributed by atoms with Gasteiger partial charge in [0.05, 0.1) is 18.5 Å². The van der Waals surface area contributed by atoms with Gasteiger partial charge in [-0.05, 0) is 37.3 Å². The van der Waals surface area contributed by atoms with Gasteiger partial charge in [0.15, 0.2) is 0 Å². The first kappa shape index (κ1) is 27.1. The van der Waals surface area contributed by atoms with Crippen LogP contribution in [0.3, 0.4) is 0 Å². The molecule has 0 aromatic carbocycles. The fraction of sp³-hybridized carbons (Fsp3) is 0.579. The van der Waals surface area contributed by atoms with Gasteiger partial charge in [-0.1, -0.05) is 19.9 Å². The van der Waals surface area contributed by atoms with Crippen LogP contribution >= 0.6 is 24.8 Å². The van der Waals surface area contributed by atoms with Gasteiger partial charge in [-0.25, -0.2) is 4.98 Å². The van der Waals surface area contributed by atoms with Gasteiger partial charge < -0.3 is 21.3 Å². The number of nitrogens with two attached hydrogens (primary N) is 1. The average Bonchev–Trinajstić information content (AvgIpc) is 2.66. The molecule has 4 N–H and O–H groups in total. The lowest BCUT2D eigenvalue weighted by Gasteiger charge is -2.32. The Bertz CT molecular complexity index is 685. The zero-order chi connectivity index (χ0) is 20.0. The first-order valence-electron chi connectivity index (χ1n) is 9.32. The summed E-state index contributed by atoms with van der Waals surface area (Å²) in [7, 11) is 0. The fourth-order valence-electron chi connectivity index (χ4n) is 2.88. The van der Waals surface area contributed by atoms with Crippen LogP contribution in [-0.2, 0) is 14.4 Å². The second-order valence-corrected chi connectivity index (χ2v) is 7.38. The molecule has 2 heterocycles. The van der Waals surface area contributed by atoms with Gasteiger partial charge in [0, 0.05) is 19.3 Å². The van der Waals surface area contributed by atoms with Gasteiger partial charge in [0.25, 0.3) is 0 Å². The Morgan fingerprint density at radius 2 is 1.97 bits per heavy atom. The Morgan fingerprint density at radius 3 is 2.55 bits per heavy atom. The maximum absolute atomic E-state index is 12.5. The zero-order valence-electron chi connectivity index (χ0n) is 17.0. The number of rotatable bonds is 6. The van der Waals surface area contributed by atoms with Crippen molar-refractivity contribution >= 4 is 48.4 Å². The van der Waals surface area contributed by atoms with Crippen molar-refractivity contribution in [3.8, 4) is 0 Å². The van der Waals surface area contributed by atoms with E-state index in [4.69, 9.17) is 5.73 Å². The van der Waals surface area contributed by atoms with Gasteiger partial charge >= 0.3 is 0 Å². The number of aromatic nitrogens is 1. The standard InChI is InChI=1S/C19H29N5O3.2ClH/c1-12(2)17(20)19(27)22-10-16(25)24-8-4-5-14(11-24)18(26)23-15-7-6-13(3)9-21-15;;/h6-7,9,12,14,17H,4-5,8,10-11,20H2,1-3H3,(H,22,27)(H,21,23,26);2*1H/t14?,17-;;/m0../s1. The molecule has 1 aromatic heterocycles. The highest BCUT2D eigenvalue weighted by Gasteiger charge is 2.29. The van der Waals surface area contributed by atoms with E-state index in [1.54, 1.807) is 17.2 Å². The van der Waals surface area contributed by atoms with Crippen molar-refractivity contribution in [1.29, 1.82) is 0 Å². The molecule has 3 amide bonds. The summed E-state index contributed by atoms with van der Waals surface area (Å²) < 4.78 is 0. The molecule has 8 nitrogen and oxygen atoms in total. The van der Waals surface area contributed by atoms with Gasteiger partial charge in [0.1, 0.15) is 5.82 Å². The van der Waals surface area contributed by atoms with Gasteiger partial charge in [-0.15, -0.1) is 24.8 Å². The molecule has 1 saturated heterocycles. The van der Waals surface area contributed by atoms with Gasteiger partial charge in [-0.2, -0.15) is 0 Å². The highest BCUT2D eigenvalue weighted by Crippen LogP contribution is 2.18. The molecule has 0 radical (unpaired) electrons. The van der Waals surface area contributed by atoms with E-state index in [0.717, 1.165) is 12.0 Å². The number of pyridine rings is 1. The first-order valence-corrected chi connectivity index (χ1v) is 9.32. The normalized spacial score (nSPS) is 16.9. The molecule has 0 bridgehead atoms. The Kier molecular flexibility index (Phi) is 11.8. The molecule has 164 valence electrons. The molecule has 1 aliphatic heterocycles. The minimum absolute atomic E-state index is 0. The molecule has 2 atom stereocenters. The van der Waals surface area contributed by atoms with Crippen LogP contribution in [0.15, 0.2) is 18.3 Å². The number of nitrogens with zero attached hydrogens (tertiary/aromatic N) is 2. The summed E-state index contributed by atoms with van der Waals surface area (Å²) in [6.45, 7) is 6.44. The summed E-state index contributed by atoms with van der Waals surface area (Å²) in [5.41, 5.74) is 6.79. The van der Waals surface area contributed by atoms with Crippen molar-refractivity contribution in [1.82, 2.24) is 15.2 Å². The molecule has 10 heteroatoms. The lowest BCUT2D eigenvalue weighted by molar-refractivity contribution is -0.136. The third-order valence-electron chi connectivity index (χ3n) is 4.74. The van der Waals surface area contributed by atoms with E-state index in [1.165, 1.54) is 0 Å². The molecular weight excluding hydrogens is 417 g/mol. The molecule has 0 spiro atoms. The minimum atomic E-state index is -0.639. The molecule has 0 saturated carbocycles. The van der Waals surface area contributed by atoms with Crippen molar-refractivity contribution in [2.45, 2.75) is 39.7 Å². The highest BCUT2D eigenvalue weighted by atomic mass is 35.5. The second kappa shape index (κ2) is 12.6. The second-order valence-electron chi connectivity index (χ2n) is 7.38. The third kappa shape index (κ3) is 8.16. The highest BCUT2D eigenvalue weighted by molar-refractivity contribution is 5.92. The zero-order valence-corrected chi connectivity index (χ0v) is 18.6. The number of halogens is 2. The van der Waals surface area contributed by atoms with Crippen LogP contribution in [0.1, 0.15) is 32.3 Å². The molecular formula is C19H31Cl2N5O3. The molecule has 1 aromatic rings. The lowest BCUT2D eigenvalue weighted by atomic mass is 9.97. The van der Waals surface area contributed by atoms with Crippen LogP contribution in [0.2, 0.25) is 0 Å². The maximum atomic E-state index is 12.5. The Labute approximate surface area is 184 Å². The largest absolute Gasteiger partial charge is 0.346 e. The Morgan fingerprint density at radius 1 is 1.28 bits per heavy atom. The van der Waals surface area contributed by atoms with Crippen molar-refractivity contribution in [2.24, 2.45) is 17.6 Å².